The van der Waals surface area contributed by atoms with E-state index in [2.05, 4.69) is 9.85 Å². The molecule has 0 radical (unpaired) electrons. The van der Waals surface area contributed by atoms with E-state index in [0.717, 1.165) is 9.13 Å². The second-order valence-electron chi connectivity index (χ2n) is 3.68. The summed E-state index contributed by atoms with van der Waals surface area (Å²) >= 11 is -2.10. The molecule has 0 fully saturated rings. The summed E-state index contributed by atoms with van der Waals surface area (Å²) in [6.45, 7) is 0. The first-order valence-electron chi connectivity index (χ1n) is 5.43. The van der Waals surface area contributed by atoms with Crippen molar-refractivity contribution in [1.29, 1.82) is 0 Å². The van der Waals surface area contributed by atoms with Gasteiger partial charge in [-0.05, 0) is 0 Å². The van der Waals surface area contributed by atoms with Crippen molar-refractivity contribution in [3.63, 3.8) is 0 Å². The van der Waals surface area contributed by atoms with Crippen LogP contribution in [0.1, 0.15) is 15.9 Å². The number of rotatable bonds is 0. The Hall–Kier alpha value is -1.80. The molecule has 3 heteroatoms. The molecule has 1 aliphatic rings. The second-order valence-corrected chi connectivity index (χ2v) is 7.24. The molecule has 2 nitrogen and oxygen atoms in total. The first-order valence-corrected chi connectivity index (χ1v) is 8.47. The van der Waals surface area contributed by atoms with Crippen LogP contribution in [0.4, 0.5) is 0 Å². The molecule has 0 bridgehead atoms. The minimum atomic E-state index is -2.10. The number of hydrogen-bond donors (Lipinski definition) is 0. The Morgan fingerprint density at radius 2 is 1.67 bits per heavy atom. The van der Waals surface area contributed by atoms with Crippen LogP contribution >= 0.6 is 20.2 Å². The van der Waals surface area contributed by atoms with Crippen LogP contribution < -0.4 is 0 Å². The molecular weight excluding hydrogens is 339 g/mol. The molecule has 0 spiro atoms. The van der Waals surface area contributed by atoms with Crippen molar-refractivity contribution in [3.8, 4) is 9.85 Å². The summed E-state index contributed by atoms with van der Waals surface area (Å²) in [5, 5.41) is 0. The Labute approximate surface area is 113 Å². The van der Waals surface area contributed by atoms with Gasteiger partial charge >= 0.3 is 113 Å². The van der Waals surface area contributed by atoms with Crippen LogP contribution in [0.15, 0.2) is 54.6 Å². The van der Waals surface area contributed by atoms with E-state index in [-0.39, 0.29) is 5.97 Å². The van der Waals surface area contributed by atoms with Gasteiger partial charge in [0, 0.05) is 0 Å². The standard InChI is InChI=1S/C15H9IO2/c17-15-13-8-4-5-9-14(13)16(18-15)11-10-12-6-2-1-3-7-12/h1-9H. The number of benzene rings is 2. The third kappa shape index (κ3) is 2.12. The van der Waals surface area contributed by atoms with Gasteiger partial charge in [-0.1, -0.05) is 0 Å². The van der Waals surface area contributed by atoms with Crippen molar-refractivity contribution in [2.75, 3.05) is 0 Å². The van der Waals surface area contributed by atoms with Crippen molar-refractivity contribution < 1.29 is 7.86 Å². The topological polar surface area (TPSA) is 26.3 Å². The van der Waals surface area contributed by atoms with Crippen LogP contribution in [0.3, 0.4) is 0 Å². The van der Waals surface area contributed by atoms with Gasteiger partial charge in [0.15, 0.2) is 0 Å². The third-order valence-electron chi connectivity index (χ3n) is 2.48. The number of halogens is 1. The average Bonchev–Trinajstić information content (AvgIpc) is 2.75. The quantitative estimate of drug-likeness (QED) is 0.539. The number of carbonyl (C=O) groups excluding carboxylic acids is 1. The summed E-state index contributed by atoms with van der Waals surface area (Å²) < 4.78 is 9.56. The molecule has 0 saturated carbocycles. The summed E-state index contributed by atoms with van der Waals surface area (Å²) in [4.78, 5) is 11.6. The Bertz CT molecular complexity index is 653. The summed E-state index contributed by atoms with van der Waals surface area (Å²) in [6.07, 6.45) is 0. The van der Waals surface area contributed by atoms with E-state index in [1.165, 1.54) is 0 Å². The van der Waals surface area contributed by atoms with Gasteiger partial charge in [-0.2, -0.15) is 0 Å². The van der Waals surface area contributed by atoms with Gasteiger partial charge in [0.1, 0.15) is 0 Å². The van der Waals surface area contributed by atoms with Crippen LogP contribution in [0.5, 0.6) is 0 Å². The monoisotopic (exact) mass is 348 g/mol. The first kappa shape index (κ1) is 11.3. The molecular formula is C15H9IO2. The molecule has 0 aliphatic carbocycles. The van der Waals surface area contributed by atoms with E-state index in [0.29, 0.717) is 5.56 Å². The third-order valence-corrected chi connectivity index (χ3v) is 6.07. The van der Waals surface area contributed by atoms with Crippen molar-refractivity contribution in [1.82, 2.24) is 0 Å². The van der Waals surface area contributed by atoms with Crippen molar-refractivity contribution in [3.05, 3.63) is 69.3 Å². The van der Waals surface area contributed by atoms with E-state index < -0.39 is 20.2 Å². The summed E-state index contributed by atoms with van der Waals surface area (Å²) in [7, 11) is 0. The molecule has 1 aliphatic heterocycles. The van der Waals surface area contributed by atoms with E-state index in [1.807, 2.05) is 48.5 Å². The SMILES string of the molecule is O=C1OI(C#Cc2ccccc2)c2ccccc21. The van der Waals surface area contributed by atoms with Gasteiger partial charge in [0.05, 0.1) is 0 Å². The normalized spacial score (nSPS) is 14.4. The van der Waals surface area contributed by atoms with E-state index in [9.17, 15) is 4.79 Å². The average molecular weight is 348 g/mol. The van der Waals surface area contributed by atoms with Gasteiger partial charge in [-0.15, -0.1) is 0 Å². The number of hydrogen-bond acceptors (Lipinski definition) is 2. The molecule has 0 aromatic heterocycles. The summed E-state index contributed by atoms with van der Waals surface area (Å²) in [5.74, 6) is 2.87. The zero-order valence-electron chi connectivity index (χ0n) is 9.39. The van der Waals surface area contributed by atoms with Crippen LogP contribution in [0.2, 0.25) is 0 Å². The Balaban J connectivity index is 1.93. The molecule has 0 amide bonds. The van der Waals surface area contributed by atoms with Crippen molar-refractivity contribution in [2.45, 2.75) is 0 Å². The summed E-state index contributed by atoms with van der Waals surface area (Å²) in [6, 6.07) is 17.3. The fraction of sp³-hybridized carbons (Fsp3) is 0. The molecule has 18 heavy (non-hydrogen) atoms. The molecule has 0 unspecified atom stereocenters. The molecule has 88 valence electrons. The zero-order valence-corrected chi connectivity index (χ0v) is 11.5. The zero-order chi connectivity index (χ0) is 12.4. The van der Waals surface area contributed by atoms with Crippen molar-refractivity contribution in [2.24, 2.45) is 0 Å². The maximum absolute atomic E-state index is 11.6. The fourth-order valence-corrected chi connectivity index (χ4v) is 4.91. The molecule has 0 saturated heterocycles. The number of carbonyl (C=O) groups is 1. The fourth-order valence-electron chi connectivity index (χ4n) is 1.62. The van der Waals surface area contributed by atoms with Gasteiger partial charge in [-0.25, -0.2) is 0 Å². The molecule has 0 N–H and O–H groups in total. The molecule has 2 aromatic carbocycles. The predicted molar refractivity (Wildman–Crippen MR) is 77.9 cm³/mol. The van der Waals surface area contributed by atoms with Gasteiger partial charge < -0.3 is 0 Å². The Morgan fingerprint density at radius 3 is 2.50 bits per heavy atom. The maximum atomic E-state index is 11.6. The van der Waals surface area contributed by atoms with Crippen LogP contribution in [0, 0.1) is 13.4 Å². The Kier molecular flexibility index (Phi) is 3.03. The van der Waals surface area contributed by atoms with Crippen LogP contribution in [-0.2, 0) is 3.07 Å². The second kappa shape index (κ2) is 4.83. The first-order chi connectivity index (χ1) is 8.84. The van der Waals surface area contributed by atoms with E-state index in [1.54, 1.807) is 6.07 Å². The van der Waals surface area contributed by atoms with Crippen molar-refractivity contribution >= 4 is 26.2 Å². The molecule has 0 atom stereocenters. The van der Waals surface area contributed by atoms with Crippen LogP contribution in [-0.4, -0.2) is 5.97 Å². The van der Waals surface area contributed by atoms with Gasteiger partial charge in [-0.3, -0.25) is 0 Å². The molecule has 2 aromatic rings. The van der Waals surface area contributed by atoms with E-state index >= 15 is 0 Å². The van der Waals surface area contributed by atoms with E-state index in [4.69, 9.17) is 3.07 Å². The minimum absolute atomic E-state index is 0.224. The van der Waals surface area contributed by atoms with Gasteiger partial charge in [0.25, 0.3) is 0 Å². The Morgan fingerprint density at radius 1 is 0.944 bits per heavy atom. The van der Waals surface area contributed by atoms with Gasteiger partial charge in [0.2, 0.25) is 0 Å². The predicted octanol–water partition coefficient (Wildman–Crippen LogP) is 3.46. The molecule has 1 heterocycles. The summed E-state index contributed by atoms with van der Waals surface area (Å²) in [5.41, 5.74) is 1.64. The number of fused-ring (bicyclic) bond motifs is 1. The van der Waals surface area contributed by atoms with Crippen LogP contribution in [0.25, 0.3) is 0 Å². The molecule has 3 rings (SSSR count).